The van der Waals surface area contributed by atoms with Crippen molar-refractivity contribution in [2.45, 2.75) is 65.8 Å². The number of ether oxygens (including phenoxy) is 1. The zero-order chi connectivity index (χ0) is 19.7. The number of phenolic OH excluding ortho intramolecular Hbond substituents is 1. The quantitative estimate of drug-likeness (QED) is 0.822. The van der Waals surface area contributed by atoms with Gasteiger partial charge >= 0.3 is 5.97 Å². The van der Waals surface area contributed by atoms with E-state index in [9.17, 15) is 9.90 Å². The van der Waals surface area contributed by atoms with Gasteiger partial charge in [0.25, 0.3) is 0 Å². The Hall–Kier alpha value is -2.30. The summed E-state index contributed by atoms with van der Waals surface area (Å²) in [5, 5.41) is 15.3. The van der Waals surface area contributed by atoms with Gasteiger partial charge in [0.05, 0.1) is 12.3 Å². The Kier molecular flexibility index (Phi) is 5.49. The van der Waals surface area contributed by atoms with Crippen LogP contribution in [0.15, 0.2) is 24.4 Å². The van der Waals surface area contributed by atoms with E-state index in [2.05, 4.69) is 46.6 Å². The van der Waals surface area contributed by atoms with E-state index < -0.39 is 0 Å². The van der Waals surface area contributed by atoms with Crippen LogP contribution >= 0.6 is 0 Å². The summed E-state index contributed by atoms with van der Waals surface area (Å²) in [5.74, 6) is 0.0401. The third kappa shape index (κ3) is 4.45. The molecule has 1 heterocycles. The zero-order valence-electron chi connectivity index (χ0n) is 16.9. The van der Waals surface area contributed by atoms with Gasteiger partial charge in [-0.15, -0.1) is 0 Å². The van der Waals surface area contributed by atoms with Gasteiger partial charge in [0.2, 0.25) is 0 Å². The average molecular weight is 358 g/mol. The summed E-state index contributed by atoms with van der Waals surface area (Å²) in [6, 6.07) is 5.85. The van der Waals surface area contributed by atoms with E-state index in [4.69, 9.17) is 4.74 Å². The Morgan fingerprint density at radius 1 is 1.12 bits per heavy atom. The van der Waals surface area contributed by atoms with E-state index in [1.165, 1.54) is 0 Å². The fraction of sp³-hybridized carbons (Fsp3) is 0.524. The molecule has 0 aliphatic rings. The highest BCUT2D eigenvalue weighted by Gasteiger charge is 2.27. The summed E-state index contributed by atoms with van der Waals surface area (Å²) in [4.78, 5) is 11.7. The normalized spacial score (nSPS) is 12.3. The number of hydrogen-bond acceptors (Lipinski definition) is 4. The van der Waals surface area contributed by atoms with Crippen LogP contribution in [0.5, 0.6) is 5.75 Å². The van der Waals surface area contributed by atoms with Gasteiger partial charge in [-0.2, -0.15) is 5.10 Å². The number of esters is 1. The first-order valence-electron chi connectivity index (χ1n) is 9.01. The van der Waals surface area contributed by atoms with Crippen molar-refractivity contribution in [2.24, 2.45) is 0 Å². The summed E-state index contributed by atoms with van der Waals surface area (Å²) in [6.45, 7) is 14.7. The Morgan fingerprint density at radius 3 is 2.12 bits per heavy atom. The minimum absolute atomic E-state index is 0.0875. The van der Waals surface area contributed by atoms with Gasteiger partial charge in [-0.1, -0.05) is 41.5 Å². The van der Waals surface area contributed by atoms with Gasteiger partial charge in [0.1, 0.15) is 12.3 Å². The number of aromatic hydroxyl groups is 1. The third-order valence-corrected chi connectivity index (χ3v) is 4.26. The van der Waals surface area contributed by atoms with Gasteiger partial charge in [0.15, 0.2) is 0 Å². The molecular weight excluding hydrogens is 328 g/mol. The number of hydrogen-bond donors (Lipinski definition) is 1. The van der Waals surface area contributed by atoms with Crippen LogP contribution in [-0.4, -0.2) is 27.5 Å². The molecule has 2 aromatic rings. The molecule has 5 nitrogen and oxygen atoms in total. The van der Waals surface area contributed by atoms with E-state index in [0.29, 0.717) is 12.4 Å². The lowest BCUT2D eigenvalue weighted by Crippen LogP contribution is -2.17. The molecule has 0 unspecified atom stereocenters. The summed E-state index contributed by atoms with van der Waals surface area (Å²) < 4.78 is 6.55. The van der Waals surface area contributed by atoms with E-state index in [0.717, 1.165) is 22.4 Å². The topological polar surface area (TPSA) is 64.3 Å². The molecule has 0 spiro atoms. The van der Waals surface area contributed by atoms with Crippen molar-refractivity contribution in [1.82, 2.24) is 9.78 Å². The lowest BCUT2D eigenvalue weighted by atomic mass is 9.78. The van der Waals surface area contributed by atoms with Crippen molar-refractivity contribution in [3.05, 3.63) is 35.5 Å². The van der Waals surface area contributed by atoms with Gasteiger partial charge in [0, 0.05) is 22.9 Å². The standard InChI is InChI=1S/C21H30N2O3/c1-8-26-18(24)13-23-10-9-17(22-23)14-11-15(20(2,3)4)19(25)16(12-14)21(5,6)7/h9-12,25H,8,13H2,1-7H3. The minimum Gasteiger partial charge on any atom is -0.507 e. The molecule has 142 valence electrons. The Balaban J connectivity index is 2.50. The molecule has 2 rings (SSSR count). The molecule has 1 N–H and O–H groups in total. The van der Waals surface area contributed by atoms with Gasteiger partial charge in [-0.3, -0.25) is 9.48 Å². The predicted molar refractivity (Wildman–Crippen MR) is 103 cm³/mol. The highest BCUT2D eigenvalue weighted by atomic mass is 16.5. The molecule has 0 bridgehead atoms. The van der Waals surface area contributed by atoms with Crippen LogP contribution in [-0.2, 0) is 26.9 Å². The fourth-order valence-electron chi connectivity index (χ4n) is 2.87. The van der Waals surface area contributed by atoms with Crippen molar-refractivity contribution in [1.29, 1.82) is 0 Å². The molecule has 0 radical (unpaired) electrons. The molecule has 0 fully saturated rings. The molecule has 5 heteroatoms. The van der Waals surface area contributed by atoms with Crippen LogP contribution in [0.4, 0.5) is 0 Å². The van der Waals surface area contributed by atoms with Crippen LogP contribution in [0.3, 0.4) is 0 Å². The maximum Gasteiger partial charge on any atom is 0.327 e. The number of carbonyl (C=O) groups excluding carboxylic acids is 1. The highest BCUT2D eigenvalue weighted by Crippen LogP contribution is 2.41. The van der Waals surface area contributed by atoms with Crippen molar-refractivity contribution in [3.8, 4) is 17.0 Å². The SMILES string of the molecule is CCOC(=O)Cn1ccc(-c2cc(C(C)(C)C)c(O)c(C(C)(C)C)c2)n1. The lowest BCUT2D eigenvalue weighted by Gasteiger charge is -2.28. The van der Waals surface area contributed by atoms with E-state index in [1.807, 2.05) is 18.2 Å². The van der Waals surface area contributed by atoms with Gasteiger partial charge in [-0.25, -0.2) is 0 Å². The summed E-state index contributed by atoms with van der Waals surface area (Å²) in [7, 11) is 0. The number of aromatic nitrogens is 2. The molecule has 0 aliphatic heterocycles. The largest absolute Gasteiger partial charge is 0.507 e. The molecule has 0 aliphatic carbocycles. The van der Waals surface area contributed by atoms with Crippen molar-refractivity contribution in [2.75, 3.05) is 6.61 Å². The summed E-state index contributed by atoms with van der Waals surface area (Å²) in [5.41, 5.74) is 3.08. The molecule has 26 heavy (non-hydrogen) atoms. The molecule has 0 amide bonds. The average Bonchev–Trinajstić information content (AvgIpc) is 2.93. The Labute approximate surface area is 156 Å². The Morgan fingerprint density at radius 2 is 1.65 bits per heavy atom. The van der Waals surface area contributed by atoms with Crippen LogP contribution in [0.2, 0.25) is 0 Å². The second-order valence-corrected chi connectivity index (χ2v) is 8.62. The monoisotopic (exact) mass is 358 g/mol. The summed E-state index contributed by atoms with van der Waals surface area (Å²) >= 11 is 0. The third-order valence-electron chi connectivity index (χ3n) is 4.26. The van der Waals surface area contributed by atoms with E-state index >= 15 is 0 Å². The first-order chi connectivity index (χ1) is 11.9. The first kappa shape index (κ1) is 20.0. The number of nitrogens with zero attached hydrogens (tertiary/aromatic N) is 2. The molecule has 0 saturated carbocycles. The zero-order valence-corrected chi connectivity index (χ0v) is 16.9. The van der Waals surface area contributed by atoms with Gasteiger partial charge in [-0.05, 0) is 36.0 Å². The van der Waals surface area contributed by atoms with Crippen molar-refractivity contribution in [3.63, 3.8) is 0 Å². The number of phenols is 1. The smallest absolute Gasteiger partial charge is 0.327 e. The predicted octanol–water partition coefficient (Wildman–Crippen LogP) is 4.41. The molecule has 0 saturated heterocycles. The summed E-state index contributed by atoms with van der Waals surface area (Å²) in [6.07, 6.45) is 1.77. The number of benzene rings is 1. The maximum absolute atomic E-state index is 11.7. The Bertz CT molecular complexity index is 757. The second kappa shape index (κ2) is 7.14. The molecule has 1 aromatic heterocycles. The van der Waals surface area contributed by atoms with Crippen LogP contribution in [0.1, 0.15) is 59.6 Å². The van der Waals surface area contributed by atoms with Crippen LogP contribution < -0.4 is 0 Å². The second-order valence-electron chi connectivity index (χ2n) is 8.62. The fourth-order valence-corrected chi connectivity index (χ4v) is 2.87. The van der Waals surface area contributed by atoms with Crippen molar-refractivity contribution >= 4 is 5.97 Å². The van der Waals surface area contributed by atoms with E-state index in [-0.39, 0.29) is 23.3 Å². The number of carbonyl (C=O) groups is 1. The first-order valence-corrected chi connectivity index (χ1v) is 9.01. The molecule has 0 atom stereocenters. The maximum atomic E-state index is 11.7. The van der Waals surface area contributed by atoms with Crippen LogP contribution in [0.25, 0.3) is 11.3 Å². The number of rotatable bonds is 4. The minimum atomic E-state index is -0.307. The van der Waals surface area contributed by atoms with Crippen LogP contribution in [0, 0.1) is 0 Å². The van der Waals surface area contributed by atoms with E-state index in [1.54, 1.807) is 17.8 Å². The van der Waals surface area contributed by atoms with Crippen molar-refractivity contribution < 1.29 is 14.6 Å². The van der Waals surface area contributed by atoms with Gasteiger partial charge < -0.3 is 9.84 Å². The molecular formula is C21H30N2O3. The lowest BCUT2D eigenvalue weighted by molar-refractivity contribution is -0.144. The molecule has 1 aromatic carbocycles. The highest BCUT2D eigenvalue weighted by molar-refractivity contribution is 5.69.